The molecule has 9 nitrogen and oxygen atoms in total. The number of ether oxygens (including phenoxy) is 1. The van der Waals surface area contributed by atoms with Crippen LogP contribution in [0.1, 0.15) is 22.8 Å². The number of aryl methyl sites for hydroxylation is 1. The minimum absolute atomic E-state index is 0.0828. The second kappa shape index (κ2) is 11.0. The Hall–Kier alpha value is -3.70. The third-order valence-electron chi connectivity index (χ3n) is 5.70. The fourth-order valence-electron chi connectivity index (χ4n) is 3.84. The summed E-state index contributed by atoms with van der Waals surface area (Å²) in [6.07, 6.45) is 0.462. The lowest BCUT2D eigenvalue weighted by Crippen LogP contribution is -2.13. The number of amides is 1. The van der Waals surface area contributed by atoms with Crippen LogP contribution in [0.25, 0.3) is 10.8 Å². The van der Waals surface area contributed by atoms with E-state index < -0.39 is 26.7 Å². The van der Waals surface area contributed by atoms with Gasteiger partial charge < -0.3 is 15.2 Å². The summed E-state index contributed by atoms with van der Waals surface area (Å²) in [5, 5.41) is 23.3. The molecule has 0 atom stereocenters. The highest BCUT2D eigenvalue weighted by molar-refractivity contribution is 7.86. The van der Waals surface area contributed by atoms with Gasteiger partial charge in [0.2, 0.25) is 0 Å². The molecule has 1 amide bonds. The minimum Gasteiger partial charge on any atom is -0.505 e. The van der Waals surface area contributed by atoms with Gasteiger partial charge in [0.1, 0.15) is 16.3 Å². The number of methoxy groups -OCH3 is 1. The normalized spacial score (nSPS) is 11.7. The van der Waals surface area contributed by atoms with Crippen molar-refractivity contribution in [3.8, 4) is 11.5 Å². The third-order valence-corrected chi connectivity index (χ3v) is 7.24. The van der Waals surface area contributed by atoms with Gasteiger partial charge in [0, 0.05) is 10.4 Å². The second-order valence-corrected chi connectivity index (χ2v) is 10.3. The van der Waals surface area contributed by atoms with Crippen molar-refractivity contribution >= 4 is 67.1 Å². The van der Waals surface area contributed by atoms with Crippen LogP contribution in [0.2, 0.25) is 10.0 Å². The van der Waals surface area contributed by atoms with Gasteiger partial charge in [0.05, 0.1) is 23.4 Å². The van der Waals surface area contributed by atoms with Crippen LogP contribution in [-0.2, 0) is 16.5 Å². The number of nitrogens with zero attached hydrogens (tertiary/aromatic N) is 2. The largest absolute Gasteiger partial charge is 0.505 e. The number of phenols is 1. The van der Waals surface area contributed by atoms with E-state index in [1.165, 1.54) is 19.2 Å². The summed E-state index contributed by atoms with van der Waals surface area (Å²) in [5.41, 5.74) is 0.467. The lowest BCUT2D eigenvalue weighted by atomic mass is 10.0. The summed E-state index contributed by atoms with van der Waals surface area (Å²) in [7, 11) is -3.28. The number of para-hydroxylation sites is 1. The van der Waals surface area contributed by atoms with Crippen LogP contribution >= 0.6 is 23.2 Å². The van der Waals surface area contributed by atoms with E-state index >= 15 is 0 Å². The lowest BCUT2D eigenvalue weighted by molar-refractivity contribution is 0.102. The molecule has 38 heavy (non-hydrogen) atoms. The van der Waals surface area contributed by atoms with Crippen molar-refractivity contribution in [3.63, 3.8) is 0 Å². The van der Waals surface area contributed by atoms with E-state index in [-0.39, 0.29) is 38.4 Å². The number of fused-ring (bicyclic) bond motifs is 1. The minimum atomic E-state index is -4.69. The molecule has 0 unspecified atom stereocenters. The maximum Gasteiger partial charge on any atom is 0.296 e. The van der Waals surface area contributed by atoms with E-state index in [1.54, 1.807) is 42.5 Å². The number of carbonyl (C=O) groups is 1. The van der Waals surface area contributed by atoms with Crippen molar-refractivity contribution in [2.24, 2.45) is 10.2 Å². The molecular weight excluding hydrogens is 553 g/mol. The predicted molar refractivity (Wildman–Crippen MR) is 146 cm³/mol. The van der Waals surface area contributed by atoms with E-state index in [0.29, 0.717) is 22.8 Å². The molecule has 196 valence electrons. The molecule has 4 aromatic rings. The number of anilines is 1. The number of phenolic OH excluding ortho intramolecular Hbond substituents is 1. The van der Waals surface area contributed by atoms with Crippen molar-refractivity contribution in [1.29, 1.82) is 0 Å². The van der Waals surface area contributed by atoms with Crippen molar-refractivity contribution in [2.45, 2.75) is 18.2 Å². The topological polar surface area (TPSA) is 138 Å². The van der Waals surface area contributed by atoms with Crippen LogP contribution in [0, 0.1) is 0 Å². The summed E-state index contributed by atoms with van der Waals surface area (Å²) in [5.74, 6) is -0.928. The molecule has 0 spiro atoms. The first kappa shape index (κ1) is 27.3. The number of hydrogen-bond donors (Lipinski definition) is 3. The zero-order valence-electron chi connectivity index (χ0n) is 20.1. The van der Waals surface area contributed by atoms with E-state index in [4.69, 9.17) is 27.9 Å². The van der Waals surface area contributed by atoms with Gasteiger partial charge in [0.25, 0.3) is 16.0 Å². The highest BCUT2D eigenvalue weighted by Gasteiger charge is 2.22. The monoisotopic (exact) mass is 573 g/mol. The summed E-state index contributed by atoms with van der Waals surface area (Å²) < 4.78 is 38.9. The van der Waals surface area contributed by atoms with Gasteiger partial charge in [-0.3, -0.25) is 9.35 Å². The molecule has 4 rings (SSSR count). The van der Waals surface area contributed by atoms with E-state index in [0.717, 1.165) is 6.07 Å². The van der Waals surface area contributed by atoms with E-state index in [1.807, 2.05) is 6.92 Å². The van der Waals surface area contributed by atoms with Gasteiger partial charge in [0.15, 0.2) is 11.5 Å². The first-order valence-electron chi connectivity index (χ1n) is 11.1. The first-order valence-corrected chi connectivity index (χ1v) is 13.3. The Bertz CT molecular complexity index is 1710. The first-order chi connectivity index (χ1) is 18.0. The Kier molecular flexibility index (Phi) is 7.89. The number of hydrogen-bond acceptors (Lipinski definition) is 7. The van der Waals surface area contributed by atoms with Gasteiger partial charge in [-0.2, -0.15) is 8.42 Å². The standard InChI is InChI=1S/C26H21Cl2N3O6S/c1-3-14-12-21(22(13-19(14)28)38(34,35)36)30-31-23-16-8-5-4-7-15(16)11-17(24(23)32)26(33)29-20-10-6-9-18(27)25(20)37-2/h4-13,32H,3H2,1-2H3,(H,29,33)(H,34,35,36). The number of halogens is 2. The van der Waals surface area contributed by atoms with Gasteiger partial charge in [-0.05, 0) is 47.7 Å². The molecule has 0 aliphatic rings. The van der Waals surface area contributed by atoms with Gasteiger partial charge in [-0.15, -0.1) is 10.2 Å². The number of rotatable bonds is 7. The lowest BCUT2D eigenvalue weighted by Gasteiger charge is -2.14. The fraction of sp³-hybridized carbons (Fsp3) is 0.115. The average Bonchev–Trinajstić information content (AvgIpc) is 2.87. The molecule has 0 aliphatic heterocycles. The van der Waals surface area contributed by atoms with Crippen LogP contribution in [-0.4, -0.2) is 31.1 Å². The Morgan fingerprint density at radius 2 is 1.76 bits per heavy atom. The number of benzene rings is 4. The molecule has 0 aromatic heterocycles. The second-order valence-electron chi connectivity index (χ2n) is 8.06. The average molecular weight is 574 g/mol. The van der Waals surface area contributed by atoms with Crippen LogP contribution in [0.5, 0.6) is 11.5 Å². The molecule has 12 heteroatoms. The van der Waals surface area contributed by atoms with Gasteiger partial charge in [-0.1, -0.05) is 60.5 Å². The zero-order valence-corrected chi connectivity index (χ0v) is 22.4. The molecule has 3 N–H and O–H groups in total. The van der Waals surface area contributed by atoms with E-state index in [9.17, 15) is 22.9 Å². The number of carbonyl (C=O) groups excluding carboxylic acids is 1. The smallest absolute Gasteiger partial charge is 0.296 e. The predicted octanol–water partition coefficient (Wildman–Crippen LogP) is 7.34. The Morgan fingerprint density at radius 3 is 2.45 bits per heavy atom. The van der Waals surface area contributed by atoms with Gasteiger partial charge >= 0.3 is 0 Å². The molecule has 4 aromatic carbocycles. The molecule has 0 aliphatic carbocycles. The number of aromatic hydroxyl groups is 1. The molecule has 0 saturated heterocycles. The zero-order chi connectivity index (χ0) is 27.6. The Labute approximate surface area is 228 Å². The molecule has 0 bridgehead atoms. The number of nitrogens with one attached hydrogen (secondary N) is 1. The SMILES string of the molecule is CCc1cc(N=Nc2c(O)c(C(=O)Nc3cccc(Cl)c3OC)cc3ccccc23)c(S(=O)(=O)O)cc1Cl. The van der Waals surface area contributed by atoms with Crippen molar-refractivity contribution in [2.75, 3.05) is 12.4 Å². The number of azo groups is 1. The quantitative estimate of drug-likeness (QED) is 0.156. The molecular formula is C26H21Cl2N3O6S. The van der Waals surface area contributed by atoms with Crippen LogP contribution in [0.15, 0.2) is 75.8 Å². The summed E-state index contributed by atoms with van der Waals surface area (Å²) in [6.45, 7) is 1.81. The Balaban J connectivity index is 1.85. The van der Waals surface area contributed by atoms with Crippen molar-refractivity contribution < 1.29 is 27.6 Å². The summed E-state index contributed by atoms with van der Waals surface area (Å²) >= 11 is 12.3. The molecule has 0 fully saturated rings. The van der Waals surface area contributed by atoms with Crippen LogP contribution in [0.4, 0.5) is 17.1 Å². The van der Waals surface area contributed by atoms with Crippen LogP contribution in [0.3, 0.4) is 0 Å². The molecule has 0 saturated carbocycles. The molecule has 0 heterocycles. The van der Waals surface area contributed by atoms with Crippen LogP contribution < -0.4 is 10.1 Å². The fourth-order valence-corrected chi connectivity index (χ4v) is 5.09. The van der Waals surface area contributed by atoms with Gasteiger partial charge in [-0.25, -0.2) is 0 Å². The maximum absolute atomic E-state index is 13.2. The summed E-state index contributed by atoms with van der Waals surface area (Å²) in [6, 6.07) is 15.6. The highest BCUT2D eigenvalue weighted by atomic mass is 35.5. The Morgan fingerprint density at radius 1 is 1.03 bits per heavy atom. The third kappa shape index (κ3) is 5.44. The van der Waals surface area contributed by atoms with Crippen molar-refractivity contribution in [3.05, 3.63) is 81.8 Å². The summed E-state index contributed by atoms with van der Waals surface area (Å²) in [4.78, 5) is 12.7. The van der Waals surface area contributed by atoms with E-state index in [2.05, 4.69) is 15.5 Å². The van der Waals surface area contributed by atoms with Crippen molar-refractivity contribution in [1.82, 2.24) is 0 Å². The highest BCUT2D eigenvalue weighted by Crippen LogP contribution is 2.41. The maximum atomic E-state index is 13.2. The molecule has 0 radical (unpaired) electrons.